The molecule has 2 amide bonds. The summed E-state index contributed by atoms with van der Waals surface area (Å²) in [4.78, 5) is 26.3. The lowest BCUT2D eigenvalue weighted by Gasteiger charge is -2.19. The summed E-state index contributed by atoms with van der Waals surface area (Å²) in [6.07, 6.45) is -5.73. The monoisotopic (exact) mass is 608 g/mol. The number of thioether (sulfide) groups is 1. The Bertz CT molecular complexity index is 1590. The van der Waals surface area contributed by atoms with Crippen LogP contribution in [0.15, 0.2) is 83.8 Å². The lowest BCUT2D eigenvalue weighted by atomic mass is 10.1. The van der Waals surface area contributed by atoms with E-state index in [0.29, 0.717) is 27.5 Å². The highest BCUT2D eigenvalue weighted by Crippen LogP contribution is 2.41. The van der Waals surface area contributed by atoms with Crippen molar-refractivity contribution in [2.45, 2.75) is 16.3 Å². The third-order valence-corrected chi connectivity index (χ3v) is 7.08. The fraction of sp³-hybridized carbons (Fsp3) is 0.103. The van der Waals surface area contributed by atoms with Crippen LogP contribution in [-0.4, -0.2) is 18.9 Å². The predicted molar refractivity (Wildman–Crippen MR) is 142 cm³/mol. The van der Waals surface area contributed by atoms with Crippen LogP contribution in [0.4, 0.5) is 42.1 Å². The SMILES string of the molecule is COc1ccc(C(=O)Nc2cccc(SC(C(=O)Nc3c(F)c(F)c(C(F)(F)F)c(F)c3F)c3ccccc3)c2)cc1. The maximum Gasteiger partial charge on any atom is 0.422 e. The number of anilines is 2. The van der Waals surface area contributed by atoms with Gasteiger partial charge in [0, 0.05) is 16.1 Å². The number of hydrogen-bond acceptors (Lipinski definition) is 4. The molecule has 0 spiro atoms. The first-order valence-corrected chi connectivity index (χ1v) is 12.8. The minimum atomic E-state index is -5.73. The van der Waals surface area contributed by atoms with E-state index < -0.39 is 57.8 Å². The zero-order chi connectivity index (χ0) is 30.6. The van der Waals surface area contributed by atoms with E-state index in [4.69, 9.17) is 4.74 Å². The summed E-state index contributed by atoms with van der Waals surface area (Å²) in [6.45, 7) is 0. The highest BCUT2D eigenvalue weighted by molar-refractivity contribution is 8.00. The van der Waals surface area contributed by atoms with Crippen LogP contribution >= 0.6 is 11.8 Å². The molecule has 4 aromatic rings. The summed E-state index contributed by atoms with van der Waals surface area (Å²) in [5, 5.41) is 3.09. The standard InChI is InChI=1S/C29H19F7N2O3S/c1-41-18-12-10-16(11-13-18)27(39)37-17-8-5-9-19(14-17)42-26(15-6-3-2-4-7-15)28(40)38-25-23(32)21(30)20(29(34,35)36)22(31)24(25)33/h2-14,26H,1H3,(H,37,39)(H,38,40). The van der Waals surface area contributed by atoms with Gasteiger partial charge in [0.1, 0.15) is 22.3 Å². The van der Waals surface area contributed by atoms with E-state index in [-0.39, 0.29) is 0 Å². The molecule has 0 heterocycles. The van der Waals surface area contributed by atoms with E-state index in [1.54, 1.807) is 66.0 Å². The number of nitrogens with one attached hydrogen (secondary N) is 2. The van der Waals surface area contributed by atoms with Gasteiger partial charge in [0.25, 0.3) is 5.91 Å². The molecule has 4 aromatic carbocycles. The van der Waals surface area contributed by atoms with Gasteiger partial charge in [-0.25, -0.2) is 17.6 Å². The highest BCUT2D eigenvalue weighted by atomic mass is 32.2. The normalized spacial score (nSPS) is 12.0. The number of alkyl halides is 3. The molecule has 0 aliphatic heterocycles. The summed E-state index contributed by atoms with van der Waals surface area (Å²) in [5.74, 6) is -11.3. The van der Waals surface area contributed by atoms with Gasteiger partial charge in [0.05, 0.1) is 7.11 Å². The van der Waals surface area contributed by atoms with E-state index in [9.17, 15) is 40.3 Å². The molecule has 1 unspecified atom stereocenters. The number of amides is 2. The number of hydrogen-bond donors (Lipinski definition) is 2. The van der Waals surface area contributed by atoms with Crippen LogP contribution < -0.4 is 15.4 Å². The van der Waals surface area contributed by atoms with E-state index in [1.807, 2.05) is 0 Å². The molecule has 2 N–H and O–H groups in total. The average Bonchev–Trinajstić information content (AvgIpc) is 2.97. The van der Waals surface area contributed by atoms with Crippen molar-refractivity contribution in [2.75, 3.05) is 17.7 Å². The second-order valence-corrected chi connectivity index (χ2v) is 9.79. The maximum absolute atomic E-state index is 14.5. The zero-order valence-corrected chi connectivity index (χ0v) is 22.2. The Balaban J connectivity index is 1.61. The second-order valence-electron chi connectivity index (χ2n) is 8.61. The van der Waals surface area contributed by atoms with Gasteiger partial charge in [-0.05, 0) is 48.0 Å². The Morgan fingerprint density at radius 1 is 0.786 bits per heavy atom. The van der Waals surface area contributed by atoms with Gasteiger partial charge in [-0.1, -0.05) is 36.4 Å². The molecule has 42 heavy (non-hydrogen) atoms. The average molecular weight is 609 g/mol. The Morgan fingerprint density at radius 2 is 1.40 bits per heavy atom. The summed E-state index contributed by atoms with van der Waals surface area (Å²) in [6, 6.07) is 20.2. The number of benzene rings is 4. The molecule has 0 fully saturated rings. The largest absolute Gasteiger partial charge is 0.497 e. The van der Waals surface area contributed by atoms with Crippen LogP contribution in [0.25, 0.3) is 0 Å². The third-order valence-electron chi connectivity index (χ3n) is 5.83. The molecule has 0 radical (unpaired) electrons. The number of methoxy groups -OCH3 is 1. The number of ether oxygens (including phenoxy) is 1. The van der Waals surface area contributed by atoms with Crippen molar-refractivity contribution in [3.63, 3.8) is 0 Å². The molecule has 0 saturated carbocycles. The topological polar surface area (TPSA) is 67.4 Å². The smallest absolute Gasteiger partial charge is 0.422 e. The van der Waals surface area contributed by atoms with Crippen LogP contribution in [0.2, 0.25) is 0 Å². The van der Waals surface area contributed by atoms with E-state index in [0.717, 1.165) is 11.8 Å². The summed E-state index contributed by atoms with van der Waals surface area (Å²) in [7, 11) is 1.48. The van der Waals surface area contributed by atoms with Gasteiger partial charge in [0.2, 0.25) is 5.91 Å². The van der Waals surface area contributed by atoms with Crippen LogP contribution in [0.1, 0.15) is 26.7 Å². The van der Waals surface area contributed by atoms with Gasteiger partial charge in [-0.15, -0.1) is 11.8 Å². The lowest BCUT2D eigenvalue weighted by molar-refractivity contribution is -0.143. The summed E-state index contributed by atoms with van der Waals surface area (Å²) < 4.78 is 101. The molecule has 0 aliphatic carbocycles. The predicted octanol–water partition coefficient (Wildman–Crippen LogP) is 7.99. The van der Waals surface area contributed by atoms with Gasteiger partial charge in [0.15, 0.2) is 23.3 Å². The number of rotatable bonds is 8. The van der Waals surface area contributed by atoms with Crippen molar-refractivity contribution in [1.29, 1.82) is 0 Å². The van der Waals surface area contributed by atoms with Crippen molar-refractivity contribution in [3.05, 3.63) is 119 Å². The van der Waals surface area contributed by atoms with Crippen LogP contribution in [0, 0.1) is 23.3 Å². The second kappa shape index (κ2) is 12.6. The molecule has 0 aliphatic rings. The molecule has 4 rings (SSSR count). The van der Waals surface area contributed by atoms with Crippen LogP contribution in [-0.2, 0) is 11.0 Å². The number of carbonyl (C=O) groups is 2. The molecule has 5 nitrogen and oxygen atoms in total. The van der Waals surface area contributed by atoms with Gasteiger partial charge < -0.3 is 15.4 Å². The van der Waals surface area contributed by atoms with E-state index in [2.05, 4.69) is 5.32 Å². The Kier molecular flexibility index (Phi) is 9.10. The first-order chi connectivity index (χ1) is 19.9. The van der Waals surface area contributed by atoms with Crippen LogP contribution in [0.5, 0.6) is 5.75 Å². The van der Waals surface area contributed by atoms with Crippen molar-refractivity contribution in [1.82, 2.24) is 0 Å². The number of halogens is 7. The molecule has 1 atom stereocenters. The highest BCUT2D eigenvalue weighted by Gasteiger charge is 2.42. The molecule has 0 saturated heterocycles. The first-order valence-electron chi connectivity index (χ1n) is 11.9. The lowest BCUT2D eigenvalue weighted by Crippen LogP contribution is -2.23. The fourth-order valence-electron chi connectivity index (χ4n) is 3.81. The van der Waals surface area contributed by atoms with E-state index in [1.165, 1.54) is 25.3 Å². The molecule has 0 aromatic heterocycles. The van der Waals surface area contributed by atoms with Gasteiger partial charge in [-0.3, -0.25) is 9.59 Å². The fourth-order valence-corrected chi connectivity index (χ4v) is 4.89. The first kappa shape index (κ1) is 30.4. The van der Waals surface area contributed by atoms with Crippen molar-refractivity contribution < 1.29 is 45.1 Å². The molecular formula is C29H19F7N2O3S. The molecular weight excluding hydrogens is 589 g/mol. The molecule has 218 valence electrons. The summed E-state index contributed by atoms with van der Waals surface area (Å²) in [5.41, 5.74) is -3.50. The van der Waals surface area contributed by atoms with Crippen molar-refractivity contribution in [2.24, 2.45) is 0 Å². The maximum atomic E-state index is 14.5. The summed E-state index contributed by atoms with van der Waals surface area (Å²) >= 11 is 0.846. The minimum absolute atomic E-state index is 0.293. The number of carbonyl (C=O) groups excluding carboxylic acids is 2. The van der Waals surface area contributed by atoms with Crippen molar-refractivity contribution >= 4 is 35.0 Å². The van der Waals surface area contributed by atoms with Crippen molar-refractivity contribution in [3.8, 4) is 5.75 Å². The quantitative estimate of drug-likeness (QED) is 0.121. The Labute approximate surface area is 238 Å². The Hall–Kier alpha value is -4.52. The minimum Gasteiger partial charge on any atom is -0.497 e. The third kappa shape index (κ3) is 6.68. The zero-order valence-electron chi connectivity index (χ0n) is 21.4. The van der Waals surface area contributed by atoms with E-state index >= 15 is 0 Å². The molecule has 0 bridgehead atoms. The van der Waals surface area contributed by atoms with Gasteiger partial charge >= 0.3 is 6.18 Å². The molecule has 13 heteroatoms. The van der Waals surface area contributed by atoms with Gasteiger partial charge in [-0.2, -0.15) is 13.2 Å². The van der Waals surface area contributed by atoms with Crippen LogP contribution in [0.3, 0.4) is 0 Å². The Morgan fingerprint density at radius 3 is 1.98 bits per heavy atom.